The summed E-state index contributed by atoms with van der Waals surface area (Å²) >= 11 is 0. The molecule has 1 aliphatic heterocycles. The van der Waals surface area contributed by atoms with Crippen LogP contribution in [0.25, 0.3) is 5.69 Å². The minimum atomic E-state index is -4.75. The van der Waals surface area contributed by atoms with Crippen molar-refractivity contribution in [3.63, 3.8) is 0 Å². The van der Waals surface area contributed by atoms with Crippen molar-refractivity contribution in [2.45, 2.75) is 19.0 Å². The van der Waals surface area contributed by atoms with Crippen LogP contribution in [0.1, 0.15) is 39.3 Å². The number of alkyl halides is 3. The first kappa shape index (κ1) is 20.8. The topological polar surface area (TPSA) is 55.2 Å². The molecule has 0 aliphatic carbocycles. The number of carbonyl (C=O) groups excluding carboxylic acids is 2. The van der Waals surface area contributed by atoms with Crippen molar-refractivity contribution in [1.82, 2.24) is 14.7 Å². The number of carbonyl (C=O) groups is 2. The van der Waals surface area contributed by atoms with Gasteiger partial charge < -0.3 is 4.90 Å². The summed E-state index contributed by atoms with van der Waals surface area (Å²) in [4.78, 5) is 26.9. The predicted octanol–water partition coefficient (Wildman–Crippen LogP) is 4.63. The zero-order chi connectivity index (χ0) is 22.0. The summed E-state index contributed by atoms with van der Waals surface area (Å²) in [5, 5.41) is 3.85. The van der Waals surface area contributed by atoms with Gasteiger partial charge in [-0.05, 0) is 25.0 Å². The molecule has 2 heterocycles. The molecule has 0 unspecified atom stereocenters. The smallest absolute Gasteiger partial charge is 0.338 e. The first-order valence-electron chi connectivity index (χ1n) is 9.95. The van der Waals surface area contributed by atoms with Crippen molar-refractivity contribution in [2.24, 2.45) is 5.92 Å². The van der Waals surface area contributed by atoms with Crippen LogP contribution in [-0.4, -0.2) is 39.5 Å². The van der Waals surface area contributed by atoms with Crippen LogP contribution in [0.4, 0.5) is 13.2 Å². The van der Waals surface area contributed by atoms with Crippen molar-refractivity contribution >= 4 is 11.7 Å². The van der Waals surface area contributed by atoms with Gasteiger partial charge in [-0.15, -0.1) is 0 Å². The van der Waals surface area contributed by atoms with Crippen LogP contribution in [0.5, 0.6) is 0 Å². The number of piperidine rings is 1. The Morgan fingerprint density at radius 3 is 2.06 bits per heavy atom. The molecule has 0 N–H and O–H groups in total. The molecule has 5 nitrogen and oxygen atoms in total. The van der Waals surface area contributed by atoms with Gasteiger partial charge in [0.25, 0.3) is 5.91 Å². The second kappa shape index (κ2) is 8.37. The highest BCUT2D eigenvalue weighted by molar-refractivity contribution is 5.98. The number of ketones is 1. The zero-order valence-electron chi connectivity index (χ0n) is 16.5. The lowest BCUT2D eigenvalue weighted by molar-refractivity contribution is -0.143. The van der Waals surface area contributed by atoms with Gasteiger partial charge in [0.15, 0.2) is 11.5 Å². The van der Waals surface area contributed by atoms with Crippen LogP contribution >= 0.6 is 0 Å². The lowest BCUT2D eigenvalue weighted by Gasteiger charge is -2.31. The van der Waals surface area contributed by atoms with E-state index in [4.69, 9.17) is 0 Å². The van der Waals surface area contributed by atoms with E-state index in [9.17, 15) is 22.8 Å². The third-order valence-electron chi connectivity index (χ3n) is 5.48. The van der Waals surface area contributed by atoms with Gasteiger partial charge in [0.05, 0.1) is 17.4 Å². The van der Waals surface area contributed by atoms with E-state index in [0.29, 0.717) is 18.4 Å². The Labute approximate surface area is 177 Å². The molecule has 160 valence electrons. The minimum absolute atomic E-state index is 0.000534. The maximum atomic E-state index is 13.8. The van der Waals surface area contributed by atoms with E-state index in [-0.39, 0.29) is 30.5 Å². The summed E-state index contributed by atoms with van der Waals surface area (Å²) in [6, 6.07) is 16.8. The summed E-state index contributed by atoms with van der Waals surface area (Å²) in [5.74, 6) is -0.971. The van der Waals surface area contributed by atoms with E-state index < -0.39 is 23.3 Å². The molecule has 0 saturated carbocycles. The standard InChI is InChI=1S/C23H20F3N3O2/c24-23(25,26)21-19(15-27-29(21)18-9-5-2-6-10-18)22(31)28-13-11-17(12-14-28)20(30)16-7-3-1-4-8-16/h1-10,15,17H,11-14H2. The molecule has 1 aromatic heterocycles. The molecular formula is C23H20F3N3O2. The van der Waals surface area contributed by atoms with Crippen molar-refractivity contribution in [3.8, 4) is 5.69 Å². The van der Waals surface area contributed by atoms with Gasteiger partial charge in [0, 0.05) is 24.6 Å². The summed E-state index contributed by atoms with van der Waals surface area (Å²) in [6.45, 7) is 0.436. The molecule has 1 fully saturated rings. The monoisotopic (exact) mass is 427 g/mol. The molecule has 1 saturated heterocycles. The lowest BCUT2D eigenvalue weighted by atomic mass is 9.88. The molecule has 1 amide bonds. The molecule has 0 spiro atoms. The molecular weight excluding hydrogens is 407 g/mol. The molecule has 3 aromatic rings. The fourth-order valence-electron chi connectivity index (χ4n) is 3.90. The first-order chi connectivity index (χ1) is 14.9. The van der Waals surface area contributed by atoms with Crippen LogP contribution in [0, 0.1) is 5.92 Å². The fourth-order valence-corrected chi connectivity index (χ4v) is 3.90. The molecule has 1 aliphatic rings. The number of nitrogens with zero attached hydrogens (tertiary/aromatic N) is 3. The molecule has 0 atom stereocenters. The van der Waals surface area contributed by atoms with Crippen molar-refractivity contribution < 1.29 is 22.8 Å². The average Bonchev–Trinajstić information content (AvgIpc) is 3.25. The van der Waals surface area contributed by atoms with Gasteiger partial charge in [-0.2, -0.15) is 18.3 Å². The summed E-state index contributed by atoms with van der Waals surface area (Å²) in [7, 11) is 0. The third-order valence-corrected chi connectivity index (χ3v) is 5.48. The maximum Gasteiger partial charge on any atom is 0.434 e. The van der Waals surface area contributed by atoms with Crippen molar-refractivity contribution in [2.75, 3.05) is 13.1 Å². The van der Waals surface area contributed by atoms with Crippen LogP contribution in [-0.2, 0) is 6.18 Å². The van der Waals surface area contributed by atoms with E-state index >= 15 is 0 Å². The minimum Gasteiger partial charge on any atom is -0.338 e. The van der Waals surface area contributed by atoms with Crippen LogP contribution < -0.4 is 0 Å². The van der Waals surface area contributed by atoms with Gasteiger partial charge in [-0.25, -0.2) is 4.68 Å². The largest absolute Gasteiger partial charge is 0.434 e. The molecule has 31 heavy (non-hydrogen) atoms. The van der Waals surface area contributed by atoms with Crippen LogP contribution in [0.3, 0.4) is 0 Å². The van der Waals surface area contributed by atoms with Gasteiger partial charge in [0.1, 0.15) is 0 Å². The van der Waals surface area contributed by atoms with Crippen molar-refractivity contribution in [1.29, 1.82) is 0 Å². The fraction of sp³-hybridized carbons (Fsp3) is 0.261. The molecule has 0 radical (unpaired) electrons. The van der Waals surface area contributed by atoms with E-state index in [1.807, 2.05) is 6.07 Å². The van der Waals surface area contributed by atoms with Crippen LogP contribution in [0.2, 0.25) is 0 Å². The number of amides is 1. The Balaban J connectivity index is 1.53. The quantitative estimate of drug-likeness (QED) is 0.571. The number of likely N-dealkylation sites (tertiary alicyclic amines) is 1. The Morgan fingerprint density at radius 2 is 1.48 bits per heavy atom. The van der Waals surface area contributed by atoms with Gasteiger partial charge >= 0.3 is 6.18 Å². The van der Waals surface area contributed by atoms with E-state index in [0.717, 1.165) is 10.9 Å². The van der Waals surface area contributed by atoms with Gasteiger partial charge in [0.2, 0.25) is 0 Å². The number of para-hydroxylation sites is 1. The number of rotatable bonds is 4. The Bertz CT molecular complexity index is 1070. The number of benzene rings is 2. The van der Waals surface area contributed by atoms with Gasteiger partial charge in [-0.3, -0.25) is 9.59 Å². The Hall–Kier alpha value is -3.42. The lowest BCUT2D eigenvalue weighted by Crippen LogP contribution is -2.40. The summed E-state index contributed by atoms with van der Waals surface area (Å²) in [6.07, 6.45) is -2.96. The normalized spacial score (nSPS) is 15.1. The van der Waals surface area contributed by atoms with E-state index in [1.165, 1.54) is 17.0 Å². The number of halogens is 3. The highest BCUT2D eigenvalue weighted by Gasteiger charge is 2.42. The Morgan fingerprint density at radius 1 is 0.903 bits per heavy atom. The SMILES string of the molecule is O=C(c1ccccc1)C1CCN(C(=O)c2cnn(-c3ccccc3)c2C(F)(F)F)CC1. The number of Topliss-reactive ketones (excluding diaryl/α,β-unsaturated/α-hetero) is 1. The van der Waals surface area contributed by atoms with E-state index in [1.54, 1.807) is 42.5 Å². The zero-order valence-corrected chi connectivity index (χ0v) is 16.5. The highest BCUT2D eigenvalue weighted by atomic mass is 19.4. The second-order valence-corrected chi connectivity index (χ2v) is 7.45. The molecule has 8 heteroatoms. The number of hydrogen-bond donors (Lipinski definition) is 0. The van der Waals surface area contributed by atoms with Gasteiger partial charge in [-0.1, -0.05) is 48.5 Å². The molecule has 2 aromatic carbocycles. The maximum absolute atomic E-state index is 13.8. The van der Waals surface area contributed by atoms with Crippen LogP contribution in [0.15, 0.2) is 66.9 Å². The van der Waals surface area contributed by atoms with E-state index in [2.05, 4.69) is 5.10 Å². The van der Waals surface area contributed by atoms with Crippen molar-refractivity contribution in [3.05, 3.63) is 83.7 Å². The third kappa shape index (κ3) is 4.23. The molecule has 4 rings (SSSR count). The summed E-state index contributed by atoms with van der Waals surface area (Å²) < 4.78 is 42.3. The second-order valence-electron chi connectivity index (χ2n) is 7.45. The Kier molecular flexibility index (Phi) is 5.63. The predicted molar refractivity (Wildman–Crippen MR) is 108 cm³/mol. The average molecular weight is 427 g/mol. The molecule has 0 bridgehead atoms. The first-order valence-corrected chi connectivity index (χ1v) is 9.95. The summed E-state index contributed by atoms with van der Waals surface area (Å²) in [5.41, 5.74) is -0.743. The number of hydrogen-bond acceptors (Lipinski definition) is 3. The number of aromatic nitrogens is 2. The highest BCUT2D eigenvalue weighted by Crippen LogP contribution is 2.34.